The third-order valence-electron chi connectivity index (χ3n) is 3.38. The highest BCUT2D eigenvalue weighted by Gasteiger charge is 2.11. The molecular weight excluding hydrogens is 260 g/mol. The fourth-order valence-corrected chi connectivity index (χ4v) is 2.18. The first-order valence-corrected chi connectivity index (χ1v) is 7.59. The molecule has 1 aromatic heterocycles. The Kier molecular flexibility index (Phi) is 5.07. The molecule has 0 fully saturated rings. The summed E-state index contributed by atoms with van der Waals surface area (Å²) in [4.78, 5) is 2.31. The number of nitrogens with one attached hydrogen (secondary N) is 1. The van der Waals surface area contributed by atoms with Crippen LogP contribution in [0.25, 0.3) is 0 Å². The number of hydrogen-bond donors (Lipinski definition) is 1. The van der Waals surface area contributed by atoms with Crippen molar-refractivity contribution in [3.63, 3.8) is 0 Å². The van der Waals surface area contributed by atoms with Gasteiger partial charge < -0.3 is 14.6 Å². The van der Waals surface area contributed by atoms with Crippen LogP contribution in [0.3, 0.4) is 0 Å². The number of para-hydroxylation sites is 1. The van der Waals surface area contributed by atoms with Crippen molar-refractivity contribution in [2.45, 2.75) is 46.3 Å². The molecule has 0 radical (unpaired) electrons. The predicted molar refractivity (Wildman–Crippen MR) is 88.5 cm³/mol. The van der Waals surface area contributed by atoms with Gasteiger partial charge in [-0.1, -0.05) is 18.2 Å². The van der Waals surface area contributed by atoms with E-state index >= 15 is 0 Å². The van der Waals surface area contributed by atoms with Crippen LogP contribution >= 0.6 is 0 Å². The minimum atomic E-state index is 0.122. The number of furan rings is 1. The Balaban J connectivity index is 1.98. The van der Waals surface area contributed by atoms with E-state index in [1.54, 1.807) is 0 Å². The Morgan fingerprint density at radius 2 is 1.86 bits per heavy atom. The molecule has 21 heavy (non-hydrogen) atoms. The number of hydrogen-bond acceptors (Lipinski definition) is 3. The fraction of sp³-hybridized carbons (Fsp3) is 0.444. The second-order valence-electron chi connectivity index (χ2n) is 6.37. The highest BCUT2D eigenvalue weighted by Crippen LogP contribution is 2.18. The van der Waals surface area contributed by atoms with Gasteiger partial charge in [0.05, 0.1) is 12.8 Å². The van der Waals surface area contributed by atoms with Crippen LogP contribution in [-0.4, -0.2) is 12.1 Å². The molecule has 2 rings (SSSR count). The van der Waals surface area contributed by atoms with Crippen LogP contribution in [0.2, 0.25) is 0 Å². The van der Waals surface area contributed by atoms with Gasteiger partial charge in [-0.15, -0.1) is 0 Å². The van der Waals surface area contributed by atoms with Crippen LogP contribution in [-0.2, 0) is 13.1 Å². The van der Waals surface area contributed by atoms with Crippen LogP contribution in [0.4, 0.5) is 5.69 Å². The molecule has 0 aliphatic heterocycles. The zero-order valence-corrected chi connectivity index (χ0v) is 13.5. The van der Waals surface area contributed by atoms with Gasteiger partial charge in [-0.25, -0.2) is 0 Å². The number of rotatable bonds is 6. The van der Waals surface area contributed by atoms with Gasteiger partial charge in [0.15, 0.2) is 0 Å². The van der Waals surface area contributed by atoms with E-state index in [4.69, 9.17) is 4.42 Å². The fourth-order valence-electron chi connectivity index (χ4n) is 2.18. The van der Waals surface area contributed by atoms with Crippen molar-refractivity contribution in [2.75, 3.05) is 11.4 Å². The second kappa shape index (κ2) is 6.81. The zero-order valence-electron chi connectivity index (χ0n) is 13.5. The average Bonchev–Trinajstić information content (AvgIpc) is 2.90. The van der Waals surface area contributed by atoms with Gasteiger partial charge in [0.1, 0.15) is 5.76 Å². The monoisotopic (exact) mass is 286 g/mol. The Bertz CT molecular complexity index is 540. The lowest BCUT2D eigenvalue weighted by Crippen LogP contribution is -2.34. The van der Waals surface area contributed by atoms with Gasteiger partial charge in [0.25, 0.3) is 0 Å². The van der Waals surface area contributed by atoms with Gasteiger partial charge in [0, 0.05) is 29.9 Å². The van der Waals surface area contributed by atoms with Gasteiger partial charge in [0.2, 0.25) is 0 Å². The summed E-state index contributed by atoms with van der Waals surface area (Å²) in [6, 6.07) is 12.6. The van der Waals surface area contributed by atoms with E-state index in [9.17, 15) is 0 Å². The molecular formula is C18H26N2O. The topological polar surface area (TPSA) is 28.4 Å². The summed E-state index contributed by atoms with van der Waals surface area (Å²) < 4.78 is 5.70. The maximum atomic E-state index is 5.70. The van der Waals surface area contributed by atoms with E-state index in [1.165, 1.54) is 11.3 Å². The molecule has 0 spiro atoms. The van der Waals surface area contributed by atoms with E-state index in [2.05, 4.69) is 68.2 Å². The first-order valence-electron chi connectivity index (χ1n) is 7.59. The molecule has 114 valence electrons. The van der Waals surface area contributed by atoms with E-state index in [1.807, 2.05) is 12.3 Å². The highest BCUT2D eigenvalue weighted by molar-refractivity contribution is 5.46. The molecule has 3 nitrogen and oxygen atoms in total. The molecule has 0 saturated heterocycles. The summed E-state index contributed by atoms with van der Waals surface area (Å²) in [5.74, 6) is 1.01. The van der Waals surface area contributed by atoms with E-state index in [0.717, 1.165) is 25.4 Å². The number of benzene rings is 1. The summed E-state index contributed by atoms with van der Waals surface area (Å²) in [5.41, 5.74) is 2.55. The van der Waals surface area contributed by atoms with Crippen LogP contribution in [0.5, 0.6) is 0 Å². The first kappa shape index (κ1) is 15.6. The van der Waals surface area contributed by atoms with Gasteiger partial charge in [-0.2, -0.15) is 0 Å². The summed E-state index contributed by atoms with van der Waals surface area (Å²) in [5, 5.41) is 3.48. The maximum absolute atomic E-state index is 5.70. The largest absolute Gasteiger partial charge is 0.467 e. The lowest BCUT2D eigenvalue weighted by molar-refractivity contribution is 0.422. The summed E-state index contributed by atoms with van der Waals surface area (Å²) in [7, 11) is 0. The standard InChI is InChI=1S/C18H26N2O/c1-5-20(16-9-7-6-8-10-16)13-17-11-15(14-21-17)12-19-18(2,3)4/h6-11,14,19H,5,12-13H2,1-4H3. The molecule has 0 unspecified atom stereocenters. The molecule has 1 heterocycles. The third-order valence-corrected chi connectivity index (χ3v) is 3.38. The van der Waals surface area contributed by atoms with Crippen molar-refractivity contribution in [1.82, 2.24) is 5.32 Å². The Labute approximate surface area is 128 Å². The minimum absolute atomic E-state index is 0.122. The van der Waals surface area contributed by atoms with Crippen molar-refractivity contribution < 1.29 is 4.42 Å². The summed E-state index contributed by atoms with van der Waals surface area (Å²) in [6.45, 7) is 11.3. The van der Waals surface area contributed by atoms with Crippen molar-refractivity contribution in [3.8, 4) is 0 Å². The number of nitrogens with zero attached hydrogens (tertiary/aromatic N) is 1. The van der Waals surface area contributed by atoms with Crippen LogP contribution in [0.1, 0.15) is 39.0 Å². The van der Waals surface area contributed by atoms with Crippen molar-refractivity contribution in [2.24, 2.45) is 0 Å². The molecule has 0 amide bonds. The molecule has 0 bridgehead atoms. The van der Waals surface area contributed by atoms with E-state index in [0.29, 0.717) is 0 Å². The third kappa shape index (κ3) is 4.94. The van der Waals surface area contributed by atoms with E-state index < -0.39 is 0 Å². The van der Waals surface area contributed by atoms with Crippen molar-refractivity contribution in [3.05, 3.63) is 54.0 Å². The average molecular weight is 286 g/mol. The molecule has 0 aliphatic carbocycles. The lowest BCUT2D eigenvalue weighted by Gasteiger charge is -2.21. The summed E-state index contributed by atoms with van der Waals surface area (Å²) in [6.07, 6.45) is 1.85. The minimum Gasteiger partial charge on any atom is -0.467 e. The Morgan fingerprint density at radius 3 is 2.48 bits per heavy atom. The van der Waals surface area contributed by atoms with Crippen molar-refractivity contribution in [1.29, 1.82) is 0 Å². The molecule has 1 aromatic carbocycles. The zero-order chi connectivity index (χ0) is 15.3. The van der Waals surface area contributed by atoms with Crippen molar-refractivity contribution >= 4 is 5.69 Å². The molecule has 0 aliphatic rings. The van der Waals surface area contributed by atoms with E-state index in [-0.39, 0.29) is 5.54 Å². The SMILES string of the molecule is CCN(Cc1cc(CNC(C)(C)C)co1)c1ccccc1. The molecule has 1 N–H and O–H groups in total. The highest BCUT2D eigenvalue weighted by atomic mass is 16.3. The quantitative estimate of drug-likeness (QED) is 0.863. The second-order valence-corrected chi connectivity index (χ2v) is 6.37. The Hall–Kier alpha value is -1.74. The summed E-state index contributed by atoms with van der Waals surface area (Å²) >= 11 is 0. The molecule has 2 aromatic rings. The van der Waals surface area contributed by atoms with Crippen LogP contribution in [0, 0.1) is 0 Å². The molecule has 0 saturated carbocycles. The first-order chi connectivity index (χ1) is 9.98. The Morgan fingerprint density at radius 1 is 1.14 bits per heavy atom. The van der Waals surface area contributed by atoms with Gasteiger partial charge in [-0.05, 0) is 45.9 Å². The normalized spacial score (nSPS) is 11.6. The lowest BCUT2D eigenvalue weighted by atomic mass is 10.1. The van der Waals surface area contributed by atoms with Crippen LogP contribution in [0.15, 0.2) is 47.1 Å². The smallest absolute Gasteiger partial charge is 0.123 e. The van der Waals surface area contributed by atoms with Gasteiger partial charge in [-0.3, -0.25) is 0 Å². The molecule has 3 heteroatoms. The predicted octanol–water partition coefficient (Wildman–Crippen LogP) is 4.19. The maximum Gasteiger partial charge on any atom is 0.123 e. The number of anilines is 1. The van der Waals surface area contributed by atoms with Gasteiger partial charge >= 0.3 is 0 Å². The molecule has 0 atom stereocenters. The van der Waals surface area contributed by atoms with Crippen LogP contribution < -0.4 is 10.2 Å².